The molecule has 0 saturated heterocycles. The Morgan fingerprint density at radius 1 is 1.33 bits per heavy atom. The number of carbonyl (C=O) groups excluding carboxylic acids is 2. The van der Waals surface area contributed by atoms with Crippen LogP contribution >= 0.6 is 0 Å². The highest BCUT2D eigenvalue weighted by Crippen LogP contribution is 2.39. The SMILES string of the molecule is C=CCc1ccccc1C1C(C(=O)OCC)=C(C)N(C)c2oc(C(=O)OC)c(O)[n+]21. The van der Waals surface area contributed by atoms with E-state index in [0.717, 1.165) is 11.1 Å². The third-order valence-corrected chi connectivity index (χ3v) is 5.12. The summed E-state index contributed by atoms with van der Waals surface area (Å²) in [6.07, 6.45) is 2.31. The van der Waals surface area contributed by atoms with Crippen molar-refractivity contribution in [3.8, 4) is 5.88 Å². The number of benzene rings is 1. The summed E-state index contributed by atoms with van der Waals surface area (Å²) in [6.45, 7) is 7.49. The molecule has 0 spiro atoms. The quantitative estimate of drug-likeness (QED) is 0.442. The Balaban J connectivity index is 2.35. The summed E-state index contributed by atoms with van der Waals surface area (Å²) in [5, 5.41) is 10.9. The van der Waals surface area contributed by atoms with Crippen molar-refractivity contribution in [2.45, 2.75) is 26.3 Å². The summed E-state index contributed by atoms with van der Waals surface area (Å²) in [4.78, 5) is 26.7. The van der Waals surface area contributed by atoms with Gasteiger partial charge in [0, 0.05) is 5.56 Å². The normalized spacial score (nSPS) is 15.6. The van der Waals surface area contributed by atoms with Gasteiger partial charge in [0.05, 0.1) is 20.8 Å². The second-order valence-electron chi connectivity index (χ2n) is 6.77. The third kappa shape index (κ3) is 3.34. The first kappa shape index (κ1) is 21.2. The zero-order valence-electron chi connectivity index (χ0n) is 17.5. The number of anilines is 1. The number of oxazole rings is 1. The molecule has 0 fully saturated rings. The van der Waals surface area contributed by atoms with Crippen LogP contribution < -0.4 is 9.47 Å². The molecule has 1 aromatic carbocycles. The largest absolute Gasteiger partial charge is 0.475 e. The molecular formula is C22H25N2O6+. The number of allylic oxidation sites excluding steroid dienone is 2. The molecule has 0 radical (unpaired) electrons. The number of rotatable bonds is 6. The number of aromatic nitrogens is 1. The number of ether oxygens (including phenoxy) is 2. The van der Waals surface area contributed by atoms with E-state index in [0.29, 0.717) is 17.7 Å². The first-order valence-corrected chi connectivity index (χ1v) is 9.53. The maximum Gasteiger partial charge on any atom is 0.465 e. The number of methoxy groups -OCH3 is 1. The lowest BCUT2D eigenvalue weighted by Gasteiger charge is -2.27. The van der Waals surface area contributed by atoms with Crippen LogP contribution in [0.2, 0.25) is 0 Å². The monoisotopic (exact) mass is 413 g/mol. The van der Waals surface area contributed by atoms with Gasteiger partial charge in [0.15, 0.2) is 6.04 Å². The van der Waals surface area contributed by atoms with Crippen LogP contribution in [-0.4, -0.2) is 37.8 Å². The molecule has 8 nitrogen and oxygen atoms in total. The average molecular weight is 413 g/mol. The second-order valence-corrected chi connectivity index (χ2v) is 6.77. The van der Waals surface area contributed by atoms with Gasteiger partial charge in [-0.05, 0) is 25.8 Å². The van der Waals surface area contributed by atoms with Gasteiger partial charge < -0.3 is 19.0 Å². The Morgan fingerprint density at radius 2 is 2.03 bits per heavy atom. The third-order valence-electron chi connectivity index (χ3n) is 5.12. The highest BCUT2D eigenvalue weighted by atomic mass is 16.5. The topological polar surface area (TPSA) is 93.1 Å². The lowest BCUT2D eigenvalue weighted by atomic mass is 9.90. The lowest BCUT2D eigenvalue weighted by molar-refractivity contribution is -0.701. The molecule has 158 valence electrons. The van der Waals surface area contributed by atoms with Crippen LogP contribution in [0, 0.1) is 0 Å². The molecule has 2 aromatic rings. The predicted molar refractivity (Wildman–Crippen MR) is 108 cm³/mol. The lowest BCUT2D eigenvalue weighted by Crippen LogP contribution is -2.50. The van der Waals surface area contributed by atoms with E-state index in [1.807, 2.05) is 24.3 Å². The van der Waals surface area contributed by atoms with Gasteiger partial charge in [0.2, 0.25) is 0 Å². The molecular weight excluding hydrogens is 388 g/mol. The highest BCUT2D eigenvalue weighted by molar-refractivity contribution is 5.92. The molecule has 2 heterocycles. The molecule has 1 unspecified atom stereocenters. The number of aromatic hydroxyl groups is 1. The number of carbonyl (C=O) groups is 2. The van der Waals surface area contributed by atoms with Crippen LogP contribution in [0.5, 0.6) is 5.88 Å². The van der Waals surface area contributed by atoms with E-state index < -0.39 is 23.9 Å². The predicted octanol–water partition coefficient (Wildman–Crippen LogP) is 2.66. The van der Waals surface area contributed by atoms with E-state index in [1.54, 1.807) is 31.9 Å². The van der Waals surface area contributed by atoms with Crippen molar-refractivity contribution in [3.05, 3.63) is 65.1 Å². The molecule has 1 atom stereocenters. The minimum atomic E-state index is -0.823. The molecule has 0 amide bonds. The Labute approximate surface area is 174 Å². The van der Waals surface area contributed by atoms with Crippen molar-refractivity contribution < 1.29 is 33.2 Å². The summed E-state index contributed by atoms with van der Waals surface area (Å²) in [5.74, 6) is -2.12. The molecule has 30 heavy (non-hydrogen) atoms. The van der Waals surface area contributed by atoms with E-state index in [1.165, 1.54) is 11.7 Å². The summed E-state index contributed by atoms with van der Waals surface area (Å²) in [6, 6.07) is 6.94. The molecule has 1 N–H and O–H groups in total. The number of nitrogens with zero attached hydrogens (tertiary/aromatic N) is 2. The summed E-state index contributed by atoms with van der Waals surface area (Å²) >= 11 is 0. The van der Waals surface area contributed by atoms with E-state index in [2.05, 4.69) is 6.58 Å². The molecule has 0 bridgehead atoms. The van der Waals surface area contributed by atoms with Gasteiger partial charge in [0.25, 0.3) is 0 Å². The maximum atomic E-state index is 13.0. The van der Waals surface area contributed by atoms with Crippen molar-refractivity contribution in [2.75, 3.05) is 25.7 Å². The van der Waals surface area contributed by atoms with Gasteiger partial charge >= 0.3 is 29.6 Å². The van der Waals surface area contributed by atoms with Crippen LogP contribution in [0.4, 0.5) is 6.01 Å². The van der Waals surface area contributed by atoms with Gasteiger partial charge in [-0.2, -0.15) is 4.90 Å². The standard InChI is InChI=1S/C22H24N2O6/c1-6-10-14-11-8-9-12-15(14)17-16(20(26)29-7-2)13(3)23(4)22-24(17)19(25)18(30-22)21(27)28-5/h6,8-9,11-12,17H,1,7,10H2,2-5H3/p+1. The zero-order chi connectivity index (χ0) is 22.0. The van der Waals surface area contributed by atoms with Gasteiger partial charge in [-0.1, -0.05) is 30.3 Å². The Morgan fingerprint density at radius 3 is 2.67 bits per heavy atom. The van der Waals surface area contributed by atoms with E-state index in [9.17, 15) is 14.7 Å². The number of esters is 2. The number of fused-ring (bicyclic) bond motifs is 1. The fraction of sp³-hybridized carbons (Fsp3) is 0.318. The minimum absolute atomic E-state index is 0.192. The Hall–Kier alpha value is -3.55. The van der Waals surface area contributed by atoms with Crippen molar-refractivity contribution in [1.29, 1.82) is 0 Å². The second kappa shape index (κ2) is 8.44. The van der Waals surface area contributed by atoms with Gasteiger partial charge in [-0.15, -0.1) is 11.1 Å². The fourth-order valence-electron chi connectivity index (χ4n) is 3.63. The molecule has 1 aliphatic heterocycles. The minimum Gasteiger partial charge on any atom is -0.475 e. The van der Waals surface area contributed by atoms with Gasteiger partial charge in [0.1, 0.15) is 11.3 Å². The first-order chi connectivity index (χ1) is 14.4. The molecule has 8 heteroatoms. The molecule has 0 aliphatic carbocycles. The maximum absolute atomic E-state index is 13.0. The molecule has 1 aromatic heterocycles. The van der Waals surface area contributed by atoms with E-state index >= 15 is 0 Å². The zero-order valence-corrected chi connectivity index (χ0v) is 17.5. The first-order valence-electron chi connectivity index (χ1n) is 9.53. The van der Waals surface area contributed by atoms with Crippen LogP contribution in [0.15, 0.2) is 52.6 Å². The molecule has 0 saturated carbocycles. The van der Waals surface area contributed by atoms with Crippen molar-refractivity contribution >= 4 is 18.0 Å². The van der Waals surface area contributed by atoms with Crippen LogP contribution in [0.25, 0.3) is 0 Å². The van der Waals surface area contributed by atoms with Gasteiger partial charge in [-0.25, -0.2) is 9.59 Å². The Kier molecular flexibility index (Phi) is 5.96. The summed E-state index contributed by atoms with van der Waals surface area (Å²) in [7, 11) is 2.87. The van der Waals surface area contributed by atoms with Gasteiger partial charge in [-0.3, -0.25) is 0 Å². The van der Waals surface area contributed by atoms with Crippen molar-refractivity contribution in [1.82, 2.24) is 0 Å². The van der Waals surface area contributed by atoms with E-state index in [4.69, 9.17) is 13.9 Å². The van der Waals surface area contributed by atoms with Crippen LogP contribution in [0.1, 0.15) is 41.6 Å². The fourth-order valence-corrected chi connectivity index (χ4v) is 3.63. The highest BCUT2D eigenvalue weighted by Gasteiger charge is 2.48. The smallest absolute Gasteiger partial charge is 0.465 e. The van der Waals surface area contributed by atoms with Crippen LogP contribution in [0.3, 0.4) is 0 Å². The van der Waals surface area contributed by atoms with Crippen molar-refractivity contribution in [2.24, 2.45) is 0 Å². The van der Waals surface area contributed by atoms with Crippen LogP contribution in [-0.2, 0) is 20.7 Å². The summed E-state index contributed by atoms with van der Waals surface area (Å²) in [5.41, 5.74) is 2.58. The average Bonchev–Trinajstić information content (AvgIpc) is 3.08. The molecule has 3 rings (SSSR count). The number of hydrogen-bond donors (Lipinski definition) is 1. The van der Waals surface area contributed by atoms with Crippen molar-refractivity contribution in [3.63, 3.8) is 0 Å². The number of hydrogen-bond acceptors (Lipinski definition) is 7. The molecule has 1 aliphatic rings. The van der Waals surface area contributed by atoms with E-state index in [-0.39, 0.29) is 18.4 Å². The Bertz CT molecular complexity index is 1040. The summed E-state index contributed by atoms with van der Waals surface area (Å²) < 4.78 is 17.1.